The van der Waals surface area contributed by atoms with Crippen molar-refractivity contribution in [2.45, 2.75) is 6.42 Å². The van der Waals surface area contributed by atoms with Crippen LogP contribution >= 0.6 is 22.6 Å². The second-order valence-electron chi connectivity index (χ2n) is 2.53. The Hall–Kier alpha value is -0.650. The van der Waals surface area contributed by atoms with E-state index in [0.717, 1.165) is 17.4 Å². The predicted octanol–water partition coefficient (Wildman–Crippen LogP) is 1.64. The lowest BCUT2D eigenvalue weighted by Gasteiger charge is -2.02. The molecule has 0 aliphatic heterocycles. The first-order valence-electron chi connectivity index (χ1n) is 4.09. The number of rotatable bonds is 4. The third-order valence-corrected chi connectivity index (χ3v) is 2.30. The fourth-order valence-electron chi connectivity index (χ4n) is 0.874. The summed E-state index contributed by atoms with van der Waals surface area (Å²) in [5.74, 6) is -0.0211. The van der Waals surface area contributed by atoms with Crippen molar-refractivity contribution in [3.05, 3.63) is 30.1 Å². The normalized spacial score (nSPS) is 9.62. The fraction of sp³-hybridized carbons (Fsp3) is 0.333. The maximum absolute atomic E-state index is 11.4. The Morgan fingerprint density at radius 1 is 1.46 bits per heavy atom. The molecule has 1 rings (SSSR count). The highest BCUT2D eigenvalue weighted by Gasteiger charge is 2.01. The molecule has 1 N–H and O–H groups in total. The van der Waals surface area contributed by atoms with Crippen molar-refractivity contribution in [1.82, 2.24) is 10.3 Å². The van der Waals surface area contributed by atoms with E-state index in [4.69, 9.17) is 0 Å². The number of carbonyl (C=O) groups excluding carboxylic acids is 1. The summed E-state index contributed by atoms with van der Waals surface area (Å²) in [4.78, 5) is 15.2. The van der Waals surface area contributed by atoms with E-state index in [0.29, 0.717) is 5.56 Å². The van der Waals surface area contributed by atoms with Gasteiger partial charge in [0.05, 0.1) is 0 Å². The van der Waals surface area contributed by atoms with Crippen LogP contribution in [-0.2, 0) is 0 Å². The highest BCUT2D eigenvalue weighted by Crippen LogP contribution is 1.95. The topological polar surface area (TPSA) is 42.0 Å². The molecule has 70 valence electrons. The number of pyridine rings is 1. The van der Waals surface area contributed by atoms with Gasteiger partial charge in [-0.3, -0.25) is 9.78 Å². The summed E-state index contributed by atoms with van der Waals surface area (Å²) in [6, 6.07) is 3.42. The number of nitrogens with one attached hydrogen (secondary N) is 1. The van der Waals surface area contributed by atoms with Crippen LogP contribution in [0, 0.1) is 0 Å². The molecule has 0 atom stereocenters. The van der Waals surface area contributed by atoms with Crippen molar-refractivity contribution in [3.63, 3.8) is 0 Å². The highest BCUT2D eigenvalue weighted by molar-refractivity contribution is 14.1. The van der Waals surface area contributed by atoms with E-state index in [2.05, 4.69) is 32.9 Å². The Kier molecular flexibility index (Phi) is 4.74. The molecular weight excluding hydrogens is 279 g/mol. The van der Waals surface area contributed by atoms with Gasteiger partial charge in [-0.05, 0) is 18.6 Å². The molecule has 0 aromatic carbocycles. The molecule has 0 bridgehead atoms. The first-order chi connectivity index (χ1) is 6.34. The number of hydrogen-bond acceptors (Lipinski definition) is 2. The van der Waals surface area contributed by atoms with Gasteiger partial charge in [-0.25, -0.2) is 0 Å². The minimum Gasteiger partial charge on any atom is -0.352 e. The summed E-state index contributed by atoms with van der Waals surface area (Å²) in [5, 5.41) is 2.83. The summed E-state index contributed by atoms with van der Waals surface area (Å²) in [6.07, 6.45) is 4.25. The lowest BCUT2D eigenvalue weighted by Crippen LogP contribution is -2.24. The summed E-state index contributed by atoms with van der Waals surface area (Å²) < 4.78 is 1.06. The molecule has 13 heavy (non-hydrogen) atoms. The van der Waals surface area contributed by atoms with E-state index in [1.54, 1.807) is 24.5 Å². The molecule has 0 spiro atoms. The van der Waals surface area contributed by atoms with Crippen LogP contribution in [-0.4, -0.2) is 21.9 Å². The standard InChI is InChI=1S/C9H11IN2O/c10-4-1-5-12-9(13)8-2-6-11-7-3-8/h2-3,6-7H,1,4-5H2,(H,12,13). The average Bonchev–Trinajstić information content (AvgIpc) is 2.19. The van der Waals surface area contributed by atoms with E-state index in [-0.39, 0.29) is 5.91 Å². The zero-order valence-corrected chi connectivity index (χ0v) is 9.32. The Balaban J connectivity index is 2.40. The molecule has 0 fully saturated rings. The summed E-state index contributed by atoms with van der Waals surface area (Å²) in [5.41, 5.74) is 0.670. The van der Waals surface area contributed by atoms with Gasteiger partial charge in [0.2, 0.25) is 0 Å². The van der Waals surface area contributed by atoms with Gasteiger partial charge in [-0.15, -0.1) is 0 Å². The average molecular weight is 290 g/mol. The van der Waals surface area contributed by atoms with Crippen molar-refractivity contribution >= 4 is 28.5 Å². The zero-order valence-electron chi connectivity index (χ0n) is 7.16. The molecule has 0 saturated carbocycles. The molecule has 0 radical (unpaired) electrons. The number of amides is 1. The van der Waals surface area contributed by atoms with Gasteiger partial charge in [-0.1, -0.05) is 22.6 Å². The molecule has 1 amide bonds. The monoisotopic (exact) mass is 290 g/mol. The van der Waals surface area contributed by atoms with Gasteiger partial charge in [0.15, 0.2) is 0 Å². The van der Waals surface area contributed by atoms with Crippen LogP contribution in [0.15, 0.2) is 24.5 Å². The Morgan fingerprint density at radius 2 is 2.15 bits per heavy atom. The predicted molar refractivity (Wildman–Crippen MR) is 60.1 cm³/mol. The van der Waals surface area contributed by atoms with Crippen molar-refractivity contribution in [3.8, 4) is 0 Å². The van der Waals surface area contributed by atoms with E-state index in [1.807, 2.05) is 0 Å². The zero-order chi connectivity index (χ0) is 9.52. The first-order valence-corrected chi connectivity index (χ1v) is 5.61. The SMILES string of the molecule is O=C(NCCCI)c1ccncc1. The van der Waals surface area contributed by atoms with Gasteiger partial charge in [-0.2, -0.15) is 0 Å². The molecule has 0 saturated heterocycles. The molecule has 1 aromatic rings. The number of aromatic nitrogens is 1. The second kappa shape index (κ2) is 5.90. The lowest BCUT2D eigenvalue weighted by atomic mass is 10.2. The minimum atomic E-state index is -0.0211. The van der Waals surface area contributed by atoms with E-state index >= 15 is 0 Å². The van der Waals surface area contributed by atoms with E-state index in [1.165, 1.54) is 0 Å². The molecular formula is C9H11IN2O. The highest BCUT2D eigenvalue weighted by atomic mass is 127. The van der Waals surface area contributed by atoms with Crippen molar-refractivity contribution in [2.24, 2.45) is 0 Å². The third kappa shape index (κ3) is 3.71. The van der Waals surface area contributed by atoms with Gasteiger partial charge >= 0.3 is 0 Å². The first kappa shape index (κ1) is 10.4. The van der Waals surface area contributed by atoms with E-state index in [9.17, 15) is 4.79 Å². The largest absolute Gasteiger partial charge is 0.352 e. The van der Waals surface area contributed by atoms with Crippen LogP contribution in [0.3, 0.4) is 0 Å². The smallest absolute Gasteiger partial charge is 0.251 e. The van der Waals surface area contributed by atoms with Crippen LogP contribution in [0.5, 0.6) is 0 Å². The van der Waals surface area contributed by atoms with Gasteiger partial charge in [0.1, 0.15) is 0 Å². The summed E-state index contributed by atoms with van der Waals surface area (Å²) in [6.45, 7) is 0.740. The molecule has 4 heteroatoms. The fourth-order valence-corrected chi connectivity index (χ4v) is 1.26. The molecule has 3 nitrogen and oxygen atoms in total. The van der Waals surface area contributed by atoms with Gasteiger partial charge in [0, 0.05) is 28.9 Å². The Bertz CT molecular complexity index is 264. The van der Waals surface area contributed by atoms with Crippen LogP contribution in [0.2, 0.25) is 0 Å². The number of carbonyl (C=O) groups is 1. The van der Waals surface area contributed by atoms with Crippen molar-refractivity contribution < 1.29 is 4.79 Å². The maximum atomic E-state index is 11.4. The maximum Gasteiger partial charge on any atom is 0.251 e. The van der Waals surface area contributed by atoms with Crippen LogP contribution in [0.25, 0.3) is 0 Å². The van der Waals surface area contributed by atoms with Crippen LogP contribution < -0.4 is 5.32 Å². The molecule has 0 unspecified atom stereocenters. The number of nitrogens with zero attached hydrogens (tertiary/aromatic N) is 1. The van der Waals surface area contributed by atoms with E-state index < -0.39 is 0 Å². The lowest BCUT2D eigenvalue weighted by molar-refractivity contribution is 0.0954. The molecule has 1 aromatic heterocycles. The van der Waals surface area contributed by atoms with Crippen molar-refractivity contribution in [1.29, 1.82) is 0 Å². The van der Waals surface area contributed by atoms with Crippen LogP contribution in [0.1, 0.15) is 16.8 Å². The Labute approximate surface area is 91.1 Å². The number of hydrogen-bond donors (Lipinski definition) is 1. The van der Waals surface area contributed by atoms with Gasteiger partial charge in [0.25, 0.3) is 5.91 Å². The molecule has 1 heterocycles. The summed E-state index contributed by atoms with van der Waals surface area (Å²) in [7, 11) is 0. The van der Waals surface area contributed by atoms with Gasteiger partial charge < -0.3 is 5.32 Å². The Morgan fingerprint density at radius 3 is 2.77 bits per heavy atom. The van der Waals surface area contributed by atoms with Crippen LogP contribution in [0.4, 0.5) is 0 Å². The quantitative estimate of drug-likeness (QED) is 0.520. The summed E-state index contributed by atoms with van der Waals surface area (Å²) >= 11 is 2.29. The number of halogens is 1. The second-order valence-corrected chi connectivity index (χ2v) is 3.61. The third-order valence-electron chi connectivity index (χ3n) is 1.54. The molecule has 0 aliphatic rings. The molecule has 0 aliphatic carbocycles. The number of alkyl halides is 1. The van der Waals surface area contributed by atoms with Crippen molar-refractivity contribution in [2.75, 3.05) is 11.0 Å². The minimum absolute atomic E-state index is 0.0211.